The number of rotatable bonds is 0. The Morgan fingerprint density at radius 3 is 1.85 bits per heavy atom. The molecular weight excluding hydrogens is 191 g/mol. The van der Waals surface area contributed by atoms with Gasteiger partial charge in [0.1, 0.15) is 6.33 Å². The highest BCUT2D eigenvalue weighted by Crippen LogP contribution is 2.13. The SMILES string of the molecule is O=C(O)C(F)(F)F.c1cnncn1. The molecule has 0 saturated heterocycles. The Kier molecular flexibility index (Phi) is 4.34. The lowest BCUT2D eigenvalue weighted by Gasteiger charge is -1.93. The molecule has 0 aromatic carbocycles. The van der Waals surface area contributed by atoms with E-state index in [2.05, 4.69) is 15.2 Å². The van der Waals surface area contributed by atoms with Gasteiger partial charge in [-0.15, -0.1) is 5.10 Å². The van der Waals surface area contributed by atoms with Gasteiger partial charge in [0.05, 0.1) is 6.20 Å². The molecule has 1 aromatic heterocycles. The van der Waals surface area contributed by atoms with Crippen molar-refractivity contribution in [2.75, 3.05) is 0 Å². The first-order valence-electron chi connectivity index (χ1n) is 2.81. The maximum Gasteiger partial charge on any atom is 0.490 e. The maximum atomic E-state index is 10.6. The molecule has 0 fully saturated rings. The van der Waals surface area contributed by atoms with Crippen molar-refractivity contribution in [3.63, 3.8) is 0 Å². The molecule has 0 spiro atoms. The topological polar surface area (TPSA) is 76.0 Å². The Bertz CT molecular complexity index is 224. The highest BCUT2D eigenvalue weighted by Gasteiger charge is 2.38. The second kappa shape index (κ2) is 5.01. The fourth-order valence-corrected chi connectivity index (χ4v) is 0.205. The molecule has 0 radical (unpaired) electrons. The Hall–Kier alpha value is -1.73. The molecule has 0 saturated carbocycles. The van der Waals surface area contributed by atoms with Gasteiger partial charge in [-0.1, -0.05) is 0 Å². The molecule has 0 bridgehead atoms. The second-order valence-corrected chi connectivity index (χ2v) is 1.60. The molecule has 0 aliphatic heterocycles. The van der Waals surface area contributed by atoms with E-state index < -0.39 is 12.1 Å². The molecule has 5 nitrogen and oxygen atoms in total. The van der Waals surface area contributed by atoms with Gasteiger partial charge in [0.15, 0.2) is 0 Å². The van der Waals surface area contributed by atoms with Gasteiger partial charge in [0.25, 0.3) is 0 Å². The summed E-state index contributed by atoms with van der Waals surface area (Å²) in [6.45, 7) is 0. The molecule has 1 aromatic rings. The highest BCUT2D eigenvalue weighted by atomic mass is 19.4. The summed E-state index contributed by atoms with van der Waals surface area (Å²) in [4.78, 5) is 12.5. The molecule has 1 rings (SSSR count). The fraction of sp³-hybridized carbons (Fsp3) is 0.200. The average Bonchev–Trinajstić information content (AvgIpc) is 2.07. The van der Waals surface area contributed by atoms with Crippen LogP contribution in [0.15, 0.2) is 18.7 Å². The molecule has 0 aliphatic carbocycles. The first-order chi connectivity index (χ1) is 5.94. The molecular formula is C5H4F3N3O2. The van der Waals surface area contributed by atoms with Crippen molar-refractivity contribution in [2.24, 2.45) is 0 Å². The number of nitrogens with zero attached hydrogens (tertiary/aromatic N) is 3. The van der Waals surface area contributed by atoms with Crippen LogP contribution in [0.25, 0.3) is 0 Å². The molecule has 1 N–H and O–H groups in total. The lowest BCUT2D eigenvalue weighted by Crippen LogP contribution is -2.21. The summed E-state index contributed by atoms with van der Waals surface area (Å²) in [5.74, 6) is -2.76. The quantitative estimate of drug-likeness (QED) is 0.652. The van der Waals surface area contributed by atoms with Gasteiger partial charge in [-0.25, -0.2) is 9.78 Å². The lowest BCUT2D eigenvalue weighted by molar-refractivity contribution is -0.192. The van der Waals surface area contributed by atoms with E-state index in [1.165, 1.54) is 12.5 Å². The predicted molar refractivity (Wildman–Crippen MR) is 33.5 cm³/mol. The van der Waals surface area contributed by atoms with Crippen LogP contribution in [-0.2, 0) is 4.79 Å². The standard InChI is InChI=1S/C3H3N3.C2HF3O2/c1-2-5-6-3-4-1;3-2(4,5)1(6)7/h1-3H;(H,6,7). The van der Waals surface area contributed by atoms with Crippen molar-refractivity contribution in [2.45, 2.75) is 6.18 Å². The fourth-order valence-electron chi connectivity index (χ4n) is 0.205. The number of hydrogen-bond donors (Lipinski definition) is 1. The van der Waals surface area contributed by atoms with Crippen LogP contribution in [0.4, 0.5) is 13.2 Å². The summed E-state index contributed by atoms with van der Waals surface area (Å²) in [5, 5.41) is 14.0. The number of halogens is 3. The number of carboxylic acid groups (broad SMARTS) is 1. The van der Waals surface area contributed by atoms with Gasteiger partial charge in [-0.05, 0) is 0 Å². The van der Waals surface area contributed by atoms with E-state index >= 15 is 0 Å². The summed E-state index contributed by atoms with van der Waals surface area (Å²) < 4.78 is 31.7. The smallest absolute Gasteiger partial charge is 0.475 e. The minimum atomic E-state index is -5.08. The van der Waals surface area contributed by atoms with Crippen LogP contribution in [0.5, 0.6) is 0 Å². The Balaban J connectivity index is 0.000000223. The van der Waals surface area contributed by atoms with Gasteiger partial charge in [-0.3, -0.25) is 0 Å². The first-order valence-corrected chi connectivity index (χ1v) is 2.81. The van der Waals surface area contributed by atoms with Crippen LogP contribution in [0.2, 0.25) is 0 Å². The predicted octanol–water partition coefficient (Wildman–Crippen LogP) is 0.505. The minimum Gasteiger partial charge on any atom is -0.475 e. The third-order valence-corrected chi connectivity index (χ3v) is 0.647. The normalized spacial score (nSPS) is 9.77. The van der Waals surface area contributed by atoms with E-state index in [9.17, 15) is 13.2 Å². The molecule has 72 valence electrons. The zero-order valence-electron chi connectivity index (χ0n) is 6.06. The lowest BCUT2D eigenvalue weighted by atomic mass is 10.7. The van der Waals surface area contributed by atoms with Crippen LogP contribution >= 0.6 is 0 Å². The molecule has 0 unspecified atom stereocenters. The van der Waals surface area contributed by atoms with E-state index in [4.69, 9.17) is 9.90 Å². The monoisotopic (exact) mass is 195 g/mol. The number of aliphatic carboxylic acids is 1. The molecule has 0 atom stereocenters. The Morgan fingerprint density at radius 2 is 1.77 bits per heavy atom. The summed E-state index contributed by atoms with van der Waals surface area (Å²) >= 11 is 0. The zero-order valence-corrected chi connectivity index (χ0v) is 6.06. The van der Waals surface area contributed by atoms with Crippen molar-refractivity contribution in [1.82, 2.24) is 15.2 Å². The van der Waals surface area contributed by atoms with Gasteiger partial charge < -0.3 is 5.11 Å². The summed E-state index contributed by atoms with van der Waals surface area (Å²) in [6, 6.07) is 0. The number of carbonyl (C=O) groups is 1. The van der Waals surface area contributed by atoms with Crippen molar-refractivity contribution >= 4 is 5.97 Å². The van der Waals surface area contributed by atoms with E-state index in [1.54, 1.807) is 6.20 Å². The molecule has 1 heterocycles. The Labute approximate surface area is 70.2 Å². The van der Waals surface area contributed by atoms with Crippen molar-refractivity contribution in [3.8, 4) is 0 Å². The first kappa shape index (κ1) is 11.3. The van der Waals surface area contributed by atoms with Crippen LogP contribution in [0.3, 0.4) is 0 Å². The molecule has 0 amide bonds. The maximum absolute atomic E-state index is 10.6. The van der Waals surface area contributed by atoms with Crippen molar-refractivity contribution in [3.05, 3.63) is 18.7 Å². The van der Waals surface area contributed by atoms with Crippen LogP contribution in [0, 0.1) is 0 Å². The number of aromatic nitrogens is 3. The second-order valence-electron chi connectivity index (χ2n) is 1.60. The van der Waals surface area contributed by atoms with Crippen LogP contribution in [-0.4, -0.2) is 32.4 Å². The third-order valence-electron chi connectivity index (χ3n) is 0.647. The number of carboxylic acids is 1. The molecule has 8 heteroatoms. The van der Waals surface area contributed by atoms with Gasteiger partial charge >= 0.3 is 12.1 Å². The summed E-state index contributed by atoms with van der Waals surface area (Å²) in [5.41, 5.74) is 0. The van der Waals surface area contributed by atoms with Crippen LogP contribution in [0.1, 0.15) is 0 Å². The van der Waals surface area contributed by atoms with E-state index in [-0.39, 0.29) is 0 Å². The van der Waals surface area contributed by atoms with Gasteiger partial charge in [0, 0.05) is 6.20 Å². The number of hydrogen-bond acceptors (Lipinski definition) is 4. The molecule has 13 heavy (non-hydrogen) atoms. The number of alkyl halides is 3. The average molecular weight is 195 g/mol. The van der Waals surface area contributed by atoms with Crippen molar-refractivity contribution in [1.29, 1.82) is 0 Å². The minimum absolute atomic E-state index is 1.39. The largest absolute Gasteiger partial charge is 0.490 e. The van der Waals surface area contributed by atoms with Gasteiger partial charge in [0.2, 0.25) is 0 Å². The van der Waals surface area contributed by atoms with E-state index in [1.807, 2.05) is 0 Å². The highest BCUT2D eigenvalue weighted by molar-refractivity contribution is 5.73. The van der Waals surface area contributed by atoms with E-state index in [0.29, 0.717) is 0 Å². The zero-order chi connectivity index (χ0) is 10.3. The third kappa shape index (κ3) is 6.66. The van der Waals surface area contributed by atoms with Crippen LogP contribution < -0.4 is 0 Å². The summed E-state index contributed by atoms with van der Waals surface area (Å²) in [7, 11) is 0. The van der Waals surface area contributed by atoms with E-state index in [0.717, 1.165) is 0 Å². The summed E-state index contributed by atoms with van der Waals surface area (Å²) in [6.07, 6.45) is -0.590. The Morgan fingerprint density at radius 1 is 1.23 bits per heavy atom. The molecule has 0 aliphatic rings. The van der Waals surface area contributed by atoms with Gasteiger partial charge in [-0.2, -0.15) is 18.3 Å². The van der Waals surface area contributed by atoms with Crippen molar-refractivity contribution < 1.29 is 23.1 Å².